The van der Waals surface area contributed by atoms with Crippen LogP contribution in [0.15, 0.2) is 36.5 Å². The van der Waals surface area contributed by atoms with Crippen molar-refractivity contribution in [3.8, 4) is 5.75 Å². The van der Waals surface area contributed by atoms with Crippen LogP contribution in [-0.2, 0) is 4.79 Å². The van der Waals surface area contributed by atoms with Crippen LogP contribution in [0, 0.1) is 0 Å². The van der Waals surface area contributed by atoms with Gasteiger partial charge in [0.15, 0.2) is 0 Å². The van der Waals surface area contributed by atoms with Crippen molar-refractivity contribution in [3.63, 3.8) is 0 Å². The molecule has 0 aliphatic heterocycles. The van der Waals surface area contributed by atoms with Gasteiger partial charge in [-0.1, -0.05) is 18.2 Å². The molecule has 0 atom stereocenters. The Labute approximate surface area is 112 Å². The highest BCUT2D eigenvalue weighted by Gasteiger charge is 2.07. The molecule has 0 aliphatic rings. The number of rotatable bonds is 5. The lowest BCUT2D eigenvalue weighted by molar-refractivity contribution is -0.128. The standard InChI is InChI=1S/C14H17N3O2/c1-17(13(18)10-15)8-9-19-12-6-2-4-11-5-3-7-16-14(11)12/h2-7H,8-10,15H2,1H3. The van der Waals surface area contributed by atoms with Gasteiger partial charge in [-0.3, -0.25) is 9.78 Å². The predicted molar refractivity (Wildman–Crippen MR) is 73.9 cm³/mol. The van der Waals surface area contributed by atoms with Crippen molar-refractivity contribution < 1.29 is 9.53 Å². The van der Waals surface area contributed by atoms with Gasteiger partial charge in [0.1, 0.15) is 17.9 Å². The second kappa shape index (κ2) is 6.15. The molecule has 0 radical (unpaired) electrons. The summed E-state index contributed by atoms with van der Waals surface area (Å²) in [7, 11) is 1.71. The summed E-state index contributed by atoms with van der Waals surface area (Å²) >= 11 is 0. The van der Waals surface area contributed by atoms with Gasteiger partial charge in [-0.05, 0) is 12.1 Å². The number of amides is 1. The quantitative estimate of drug-likeness (QED) is 0.870. The monoisotopic (exact) mass is 259 g/mol. The molecule has 0 saturated heterocycles. The van der Waals surface area contributed by atoms with Crippen LogP contribution in [0.2, 0.25) is 0 Å². The maximum atomic E-state index is 11.3. The van der Waals surface area contributed by atoms with E-state index < -0.39 is 0 Å². The molecule has 0 fully saturated rings. The molecule has 5 heteroatoms. The summed E-state index contributed by atoms with van der Waals surface area (Å²) < 4.78 is 5.69. The minimum absolute atomic E-state index is 0.0202. The average Bonchev–Trinajstić information content (AvgIpc) is 2.46. The summed E-state index contributed by atoms with van der Waals surface area (Å²) in [5.74, 6) is 0.631. The van der Waals surface area contributed by atoms with Gasteiger partial charge in [-0.25, -0.2) is 0 Å². The molecule has 1 aromatic heterocycles. The Morgan fingerprint density at radius 3 is 2.95 bits per heavy atom. The summed E-state index contributed by atoms with van der Waals surface area (Å²) in [6, 6.07) is 9.66. The zero-order chi connectivity index (χ0) is 13.7. The Hall–Kier alpha value is -2.14. The number of likely N-dealkylation sites (N-methyl/N-ethyl adjacent to an activating group) is 1. The largest absolute Gasteiger partial charge is 0.489 e. The molecular weight excluding hydrogens is 242 g/mol. The van der Waals surface area contributed by atoms with Gasteiger partial charge in [-0.15, -0.1) is 0 Å². The number of benzene rings is 1. The lowest BCUT2D eigenvalue weighted by atomic mass is 10.2. The molecule has 1 heterocycles. The van der Waals surface area contributed by atoms with E-state index in [9.17, 15) is 4.79 Å². The van der Waals surface area contributed by atoms with E-state index in [1.165, 1.54) is 0 Å². The number of fused-ring (bicyclic) bond motifs is 1. The smallest absolute Gasteiger partial charge is 0.236 e. The van der Waals surface area contributed by atoms with Crippen LogP contribution < -0.4 is 10.5 Å². The fourth-order valence-corrected chi connectivity index (χ4v) is 1.77. The molecule has 2 N–H and O–H groups in total. The van der Waals surface area contributed by atoms with E-state index in [0.29, 0.717) is 13.2 Å². The predicted octanol–water partition coefficient (Wildman–Crippen LogP) is 1.03. The van der Waals surface area contributed by atoms with Crippen LogP contribution >= 0.6 is 0 Å². The van der Waals surface area contributed by atoms with Crippen molar-refractivity contribution >= 4 is 16.8 Å². The van der Waals surface area contributed by atoms with Gasteiger partial charge in [-0.2, -0.15) is 0 Å². The molecule has 1 aromatic carbocycles. The molecule has 0 bridgehead atoms. The molecular formula is C14H17N3O2. The number of pyridine rings is 1. The lowest BCUT2D eigenvalue weighted by Gasteiger charge is -2.16. The molecule has 19 heavy (non-hydrogen) atoms. The summed E-state index contributed by atoms with van der Waals surface area (Å²) in [4.78, 5) is 17.2. The Bertz CT molecular complexity index is 566. The highest BCUT2D eigenvalue weighted by Crippen LogP contribution is 2.22. The first-order valence-electron chi connectivity index (χ1n) is 6.13. The van der Waals surface area contributed by atoms with Crippen LogP contribution in [0.3, 0.4) is 0 Å². The molecule has 0 unspecified atom stereocenters. The molecule has 0 saturated carbocycles. The average molecular weight is 259 g/mol. The Morgan fingerprint density at radius 2 is 2.16 bits per heavy atom. The minimum Gasteiger partial charge on any atom is -0.489 e. The van der Waals surface area contributed by atoms with Crippen molar-refractivity contribution in [2.45, 2.75) is 0 Å². The van der Waals surface area contributed by atoms with Crippen LogP contribution in [0.25, 0.3) is 10.9 Å². The number of para-hydroxylation sites is 1. The third-order valence-corrected chi connectivity index (χ3v) is 2.88. The Morgan fingerprint density at radius 1 is 1.37 bits per heavy atom. The Kier molecular flexibility index (Phi) is 4.30. The molecule has 2 aromatic rings. The van der Waals surface area contributed by atoms with Crippen molar-refractivity contribution in [2.75, 3.05) is 26.7 Å². The van der Waals surface area contributed by atoms with Crippen molar-refractivity contribution in [1.82, 2.24) is 9.88 Å². The van der Waals surface area contributed by atoms with E-state index in [1.807, 2.05) is 30.3 Å². The first-order valence-corrected chi connectivity index (χ1v) is 6.13. The highest BCUT2D eigenvalue weighted by molar-refractivity contribution is 5.84. The number of carbonyl (C=O) groups is 1. The molecule has 2 rings (SSSR count). The minimum atomic E-state index is -0.0976. The third-order valence-electron chi connectivity index (χ3n) is 2.88. The summed E-state index contributed by atoms with van der Waals surface area (Å²) in [5.41, 5.74) is 6.12. The van der Waals surface area contributed by atoms with Crippen LogP contribution in [0.5, 0.6) is 5.75 Å². The van der Waals surface area contributed by atoms with E-state index >= 15 is 0 Å². The summed E-state index contributed by atoms with van der Waals surface area (Å²) in [6.45, 7) is 0.934. The number of hydrogen-bond donors (Lipinski definition) is 1. The third kappa shape index (κ3) is 3.20. The van der Waals surface area contributed by atoms with Crippen molar-refractivity contribution in [2.24, 2.45) is 5.73 Å². The molecule has 5 nitrogen and oxygen atoms in total. The zero-order valence-corrected chi connectivity index (χ0v) is 10.9. The summed E-state index contributed by atoms with van der Waals surface area (Å²) in [5, 5.41) is 1.03. The molecule has 0 aliphatic carbocycles. The molecule has 1 amide bonds. The topological polar surface area (TPSA) is 68.5 Å². The van der Waals surface area contributed by atoms with Crippen molar-refractivity contribution in [1.29, 1.82) is 0 Å². The zero-order valence-electron chi connectivity index (χ0n) is 10.9. The second-order valence-electron chi connectivity index (χ2n) is 4.20. The second-order valence-corrected chi connectivity index (χ2v) is 4.20. The van der Waals surface area contributed by atoms with E-state index in [4.69, 9.17) is 10.5 Å². The van der Waals surface area contributed by atoms with Gasteiger partial charge in [0, 0.05) is 18.6 Å². The van der Waals surface area contributed by atoms with Gasteiger partial charge in [0.25, 0.3) is 0 Å². The SMILES string of the molecule is CN(CCOc1cccc2cccnc12)C(=O)CN. The number of aromatic nitrogens is 1. The van der Waals surface area contributed by atoms with Gasteiger partial charge in [0.2, 0.25) is 5.91 Å². The number of hydrogen-bond acceptors (Lipinski definition) is 4. The molecule has 0 spiro atoms. The number of carbonyl (C=O) groups excluding carboxylic acids is 1. The highest BCUT2D eigenvalue weighted by atomic mass is 16.5. The van der Waals surface area contributed by atoms with Crippen LogP contribution in [-0.4, -0.2) is 42.5 Å². The maximum Gasteiger partial charge on any atom is 0.236 e. The number of nitrogens with two attached hydrogens (primary N) is 1. The van der Waals surface area contributed by atoms with E-state index in [2.05, 4.69) is 4.98 Å². The van der Waals surface area contributed by atoms with E-state index in [0.717, 1.165) is 16.7 Å². The van der Waals surface area contributed by atoms with E-state index in [1.54, 1.807) is 18.1 Å². The van der Waals surface area contributed by atoms with Crippen LogP contribution in [0.4, 0.5) is 0 Å². The first-order chi connectivity index (χ1) is 9.22. The first kappa shape index (κ1) is 13.3. The number of nitrogens with zero attached hydrogens (tertiary/aromatic N) is 2. The number of ether oxygens (including phenoxy) is 1. The van der Waals surface area contributed by atoms with Crippen molar-refractivity contribution in [3.05, 3.63) is 36.5 Å². The van der Waals surface area contributed by atoms with Gasteiger partial charge >= 0.3 is 0 Å². The lowest BCUT2D eigenvalue weighted by Crippen LogP contribution is -2.35. The van der Waals surface area contributed by atoms with Gasteiger partial charge in [0.05, 0.1) is 13.1 Å². The van der Waals surface area contributed by atoms with E-state index in [-0.39, 0.29) is 12.5 Å². The molecule has 100 valence electrons. The maximum absolute atomic E-state index is 11.3. The fraction of sp³-hybridized carbons (Fsp3) is 0.286. The Balaban J connectivity index is 2.00. The summed E-state index contributed by atoms with van der Waals surface area (Å²) in [6.07, 6.45) is 1.74. The normalized spacial score (nSPS) is 10.4. The van der Waals surface area contributed by atoms with Gasteiger partial charge < -0.3 is 15.4 Å². The van der Waals surface area contributed by atoms with Crippen LogP contribution in [0.1, 0.15) is 0 Å². The fourth-order valence-electron chi connectivity index (χ4n) is 1.77.